The number of nitrogens with one attached hydrogen (secondary N) is 1. The summed E-state index contributed by atoms with van der Waals surface area (Å²) in [7, 11) is 0. The van der Waals surface area contributed by atoms with Crippen LogP contribution >= 0.6 is 27.5 Å². The van der Waals surface area contributed by atoms with E-state index in [1.165, 1.54) is 6.07 Å². The number of carboxylic acids is 1. The van der Waals surface area contributed by atoms with Crippen LogP contribution in [-0.2, 0) is 9.59 Å². The van der Waals surface area contributed by atoms with Crippen LogP contribution in [0.2, 0.25) is 5.02 Å². The summed E-state index contributed by atoms with van der Waals surface area (Å²) in [4.78, 5) is 21.8. The summed E-state index contributed by atoms with van der Waals surface area (Å²) in [6.45, 7) is 2.20. The van der Waals surface area contributed by atoms with Crippen molar-refractivity contribution in [1.29, 1.82) is 0 Å². The lowest BCUT2D eigenvalue weighted by Crippen LogP contribution is -2.16. The van der Waals surface area contributed by atoms with Gasteiger partial charge < -0.3 is 15.2 Å². The Bertz CT molecular complexity index is 478. The van der Waals surface area contributed by atoms with Gasteiger partial charge in [-0.15, -0.1) is 0 Å². The standard InChI is InChI=1S/C11H11BrClNO4/c1-2-18-11-7(12)3-6(13)4-8(11)14-9(15)5-10(16)17/h3-4H,2,5H2,1H3,(H,14,15)(H,16,17). The van der Waals surface area contributed by atoms with Crippen molar-refractivity contribution in [3.63, 3.8) is 0 Å². The molecule has 7 heteroatoms. The van der Waals surface area contributed by atoms with E-state index in [2.05, 4.69) is 21.2 Å². The molecule has 0 aliphatic rings. The fraction of sp³-hybridized carbons (Fsp3) is 0.273. The van der Waals surface area contributed by atoms with E-state index in [1.54, 1.807) is 13.0 Å². The number of benzene rings is 1. The third-order valence-electron chi connectivity index (χ3n) is 1.88. The zero-order chi connectivity index (χ0) is 13.7. The Morgan fingerprint density at radius 2 is 2.17 bits per heavy atom. The van der Waals surface area contributed by atoms with E-state index in [-0.39, 0.29) is 0 Å². The Balaban J connectivity index is 2.99. The molecule has 5 nitrogen and oxygen atoms in total. The van der Waals surface area contributed by atoms with Gasteiger partial charge in [0.2, 0.25) is 5.91 Å². The predicted molar refractivity (Wildman–Crippen MR) is 71.2 cm³/mol. The fourth-order valence-electron chi connectivity index (χ4n) is 1.28. The van der Waals surface area contributed by atoms with Gasteiger partial charge in [-0.05, 0) is 35.0 Å². The molecule has 1 aromatic carbocycles. The molecule has 0 atom stereocenters. The van der Waals surface area contributed by atoms with Crippen LogP contribution < -0.4 is 10.1 Å². The number of carbonyl (C=O) groups is 2. The third-order valence-corrected chi connectivity index (χ3v) is 2.69. The molecule has 1 aromatic rings. The van der Waals surface area contributed by atoms with E-state index in [4.69, 9.17) is 21.4 Å². The molecular formula is C11H11BrClNO4. The predicted octanol–water partition coefficient (Wildman–Crippen LogP) is 2.91. The van der Waals surface area contributed by atoms with Crippen LogP contribution in [0.15, 0.2) is 16.6 Å². The van der Waals surface area contributed by atoms with Gasteiger partial charge in [0.25, 0.3) is 0 Å². The molecule has 98 valence electrons. The molecule has 18 heavy (non-hydrogen) atoms. The molecule has 0 bridgehead atoms. The number of hydrogen-bond acceptors (Lipinski definition) is 3. The summed E-state index contributed by atoms with van der Waals surface area (Å²) in [6.07, 6.45) is -0.615. The van der Waals surface area contributed by atoms with Gasteiger partial charge in [0.05, 0.1) is 16.8 Å². The summed E-state index contributed by atoms with van der Waals surface area (Å²) in [5.41, 5.74) is 0.336. The van der Waals surface area contributed by atoms with E-state index >= 15 is 0 Å². The van der Waals surface area contributed by atoms with Crippen molar-refractivity contribution < 1.29 is 19.4 Å². The fourth-order valence-corrected chi connectivity index (χ4v) is 2.20. The highest BCUT2D eigenvalue weighted by atomic mass is 79.9. The number of aliphatic carboxylic acids is 1. The quantitative estimate of drug-likeness (QED) is 0.811. The molecule has 1 rings (SSSR count). The molecule has 0 heterocycles. The molecule has 0 aliphatic heterocycles. The van der Waals surface area contributed by atoms with Gasteiger partial charge in [-0.25, -0.2) is 0 Å². The lowest BCUT2D eigenvalue weighted by Gasteiger charge is -2.13. The Morgan fingerprint density at radius 3 is 2.72 bits per heavy atom. The van der Waals surface area contributed by atoms with Crippen molar-refractivity contribution in [3.05, 3.63) is 21.6 Å². The Labute approximate surface area is 117 Å². The Morgan fingerprint density at radius 1 is 1.50 bits per heavy atom. The van der Waals surface area contributed by atoms with Crippen LogP contribution in [0.3, 0.4) is 0 Å². The summed E-state index contributed by atoms with van der Waals surface area (Å²) in [6, 6.07) is 3.12. The van der Waals surface area contributed by atoms with Crippen molar-refractivity contribution in [3.8, 4) is 5.75 Å². The highest BCUT2D eigenvalue weighted by Crippen LogP contribution is 2.36. The minimum atomic E-state index is -1.20. The molecule has 0 aromatic heterocycles. The average Bonchev–Trinajstić information content (AvgIpc) is 2.21. The van der Waals surface area contributed by atoms with Gasteiger partial charge >= 0.3 is 5.97 Å². The van der Waals surface area contributed by atoms with Gasteiger partial charge in [0, 0.05) is 5.02 Å². The highest BCUT2D eigenvalue weighted by Gasteiger charge is 2.14. The number of ether oxygens (including phenoxy) is 1. The molecule has 0 radical (unpaired) electrons. The lowest BCUT2D eigenvalue weighted by molar-refractivity contribution is -0.139. The molecule has 0 fully saturated rings. The van der Waals surface area contributed by atoms with Gasteiger partial charge in [0.1, 0.15) is 6.42 Å². The van der Waals surface area contributed by atoms with E-state index in [9.17, 15) is 9.59 Å². The van der Waals surface area contributed by atoms with Crippen LogP contribution in [-0.4, -0.2) is 23.6 Å². The number of halogens is 2. The van der Waals surface area contributed by atoms with Gasteiger partial charge in [-0.3, -0.25) is 9.59 Å². The van der Waals surface area contributed by atoms with Gasteiger partial charge in [-0.2, -0.15) is 0 Å². The number of hydrogen-bond donors (Lipinski definition) is 2. The number of rotatable bonds is 5. The van der Waals surface area contributed by atoms with Crippen molar-refractivity contribution in [2.45, 2.75) is 13.3 Å². The topological polar surface area (TPSA) is 75.6 Å². The van der Waals surface area contributed by atoms with E-state index in [0.29, 0.717) is 27.5 Å². The molecule has 0 saturated carbocycles. The third kappa shape index (κ3) is 4.19. The molecule has 1 amide bonds. The second kappa shape index (κ2) is 6.61. The van der Waals surface area contributed by atoms with Crippen LogP contribution in [0.25, 0.3) is 0 Å². The van der Waals surface area contributed by atoms with Crippen LogP contribution in [0.4, 0.5) is 5.69 Å². The lowest BCUT2D eigenvalue weighted by atomic mass is 10.2. The summed E-state index contributed by atoms with van der Waals surface area (Å²) in [5.74, 6) is -1.43. The highest BCUT2D eigenvalue weighted by molar-refractivity contribution is 9.10. The summed E-state index contributed by atoms with van der Waals surface area (Å²) in [5, 5.41) is 11.4. The number of amides is 1. The van der Waals surface area contributed by atoms with Crippen LogP contribution in [0, 0.1) is 0 Å². The first kappa shape index (κ1) is 14.8. The first-order chi connectivity index (χ1) is 8.43. The maximum atomic E-state index is 11.4. The Kier molecular flexibility index (Phi) is 5.43. The van der Waals surface area contributed by atoms with E-state index in [1.807, 2.05) is 0 Å². The summed E-state index contributed by atoms with van der Waals surface area (Å²) >= 11 is 9.12. The minimum Gasteiger partial charge on any atom is -0.491 e. The zero-order valence-corrected chi connectivity index (χ0v) is 11.8. The maximum Gasteiger partial charge on any atom is 0.312 e. The SMILES string of the molecule is CCOc1c(Br)cc(Cl)cc1NC(=O)CC(=O)O. The zero-order valence-electron chi connectivity index (χ0n) is 9.50. The van der Waals surface area contributed by atoms with Gasteiger partial charge in [0.15, 0.2) is 5.75 Å². The van der Waals surface area contributed by atoms with Gasteiger partial charge in [-0.1, -0.05) is 11.6 Å². The number of carbonyl (C=O) groups excluding carboxylic acids is 1. The van der Waals surface area contributed by atoms with Crippen LogP contribution in [0.1, 0.15) is 13.3 Å². The molecular weight excluding hydrogens is 325 g/mol. The van der Waals surface area contributed by atoms with E-state index in [0.717, 1.165) is 0 Å². The largest absolute Gasteiger partial charge is 0.491 e. The molecule has 2 N–H and O–H groups in total. The normalized spacial score (nSPS) is 9.94. The molecule has 0 unspecified atom stereocenters. The number of carboxylic acid groups (broad SMARTS) is 1. The first-order valence-corrected chi connectivity index (χ1v) is 6.24. The monoisotopic (exact) mass is 335 g/mol. The molecule has 0 saturated heterocycles. The maximum absolute atomic E-state index is 11.4. The molecule has 0 aliphatic carbocycles. The Hall–Kier alpha value is -1.27. The van der Waals surface area contributed by atoms with Crippen LogP contribution in [0.5, 0.6) is 5.75 Å². The summed E-state index contributed by atoms with van der Waals surface area (Å²) < 4.78 is 5.95. The average molecular weight is 337 g/mol. The van der Waals surface area contributed by atoms with Crippen molar-refractivity contribution in [2.24, 2.45) is 0 Å². The molecule has 0 spiro atoms. The second-order valence-electron chi connectivity index (χ2n) is 3.32. The minimum absolute atomic E-state index is 0.336. The van der Waals surface area contributed by atoms with Crippen molar-refractivity contribution >= 4 is 45.1 Å². The van der Waals surface area contributed by atoms with E-state index < -0.39 is 18.3 Å². The second-order valence-corrected chi connectivity index (χ2v) is 4.61. The first-order valence-electron chi connectivity index (χ1n) is 5.07. The number of anilines is 1. The van der Waals surface area contributed by atoms with Crippen molar-refractivity contribution in [2.75, 3.05) is 11.9 Å². The smallest absolute Gasteiger partial charge is 0.312 e. The van der Waals surface area contributed by atoms with Crippen molar-refractivity contribution in [1.82, 2.24) is 0 Å².